The molecule has 29 heavy (non-hydrogen) atoms. The second kappa shape index (κ2) is 9.22. The minimum atomic E-state index is -0.0991. The maximum atomic E-state index is 12.8. The van der Waals surface area contributed by atoms with Crippen molar-refractivity contribution in [3.8, 4) is 0 Å². The van der Waals surface area contributed by atoms with Gasteiger partial charge in [0.25, 0.3) is 0 Å². The zero-order chi connectivity index (χ0) is 20.2. The highest BCUT2D eigenvalue weighted by molar-refractivity contribution is 5.79. The van der Waals surface area contributed by atoms with E-state index < -0.39 is 0 Å². The van der Waals surface area contributed by atoms with Gasteiger partial charge in [-0.1, -0.05) is 6.07 Å². The van der Waals surface area contributed by atoms with Crippen molar-refractivity contribution in [2.75, 3.05) is 32.8 Å². The van der Waals surface area contributed by atoms with E-state index in [1.54, 1.807) is 6.20 Å². The monoisotopic (exact) mass is 400 g/mol. The first kappa shape index (κ1) is 20.3. The van der Waals surface area contributed by atoms with Gasteiger partial charge in [0, 0.05) is 57.6 Å². The van der Waals surface area contributed by atoms with Crippen molar-refractivity contribution in [2.24, 2.45) is 11.8 Å². The minimum Gasteiger partial charge on any atom is -0.372 e. The zero-order valence-corrected chi connectivity index (χ0v) is 17.3. The average molecular weight is 401 g/mol. The van der Waals surface area contributed by atoms with Gasteiger partial charge in [-0.2, -0.15) is 0 Å². The van der Waals surface area contributed by atoms with Crippen molar-refractivity contribution in [1.82, 2.24) is 20.1 Å². The molecule has 3 fully saturated rings. The maximum Gasteiger partial charge on any atom is 0.246 e. The van der Waals surface area contributed by atoms with Crippen molar-refractivity contribution in [1.29, 1.82) is 0 Å². The number of piperidine rings is 3. The van der Waals surface area contributed by atoms with Crippen molar-refractivity contribution in [3.63, 3.8) is 0 Å². The number of fused-ring (bicyclic) bond motifs is 4. The lowest BCUT2D eigenvalue weighted by Crippen LogP contribution is -2.67. The molecule has 0 unspecified atom stereocenters. The van der Waals surface area contributed by atoms with Crippen LogP contribution in [0.5, 0.6) is 0 Å². The Morgan fingerprint density at radius 1 is 1.34 bits per heavy atom. The molecular weight excluding hydrogens is 368 g/mol. The Labute approximate surface area is 172 Å². The molecule has 0 aliphatic carbocycles. The summed E-state index contributed by atoms with van der Waals surface area (Å²) >= 11 is 0. The number of carbonyl (C=O) groups is 2. The van der Waals surface area contributed by atoms with E-state index in [0.29, 0.717) is 37.5 Å². The van der Waals surface area contributed by atoms with E-state index in [1.165, 1.54) is 5.56 Å². The third kappa shape index (κ3) is 4.61. The number of amides is 2. The first-order valence-corrected chi connectivity index (χ1v) is 10.9. The highest BCUT2D eigenvalue weighted by atomic mass is 16.5. The van der Waals surface area contributed by atoms with Crippen molar-refractivity contribution in [3.05, 3.63) is 30.1 Å². The molecule has 1 aromatic rings. The third-order valence-corrected chi connectivity index (χ3v) is 6.65. The summed E-state index contributed by atoms with van der Waals surface area (Å²) in [4.78, 5) is 33.8. The predicted molar refractivity (Wildman–Crippen MR) is 109 cm³/mol. The van der Waals surface area contributed by atoms with E-state index in [9.17, 15) is 9.59 Å². The van der Waals surface area contributed by atoms with Gasteiger partial charge in [-0.05, 0) is 49.7 Å². The summed E-state index contributed by atoms with van der Waals surface area (Å²) in [7, 11) is 0. The quantitative estimate of drug-likeness (QED) is 0.750. The molecule has 2 bridgehead atoms. The number of carbonyl (C=O) groups excluding carboxylic acids is 2. The lowest BCUT2D eigenvalue weighted by Gasteiger charge is -2.56. The molecule has 1 N–H and O–H groups in total. The number of nitrogens with zero attached hydrogens (tertiary/aromatic N) is 3. The van der Waals surface area contributed by atoms with Crippen LogP contribution in [0.1, 0.15) is 38.2 Å². The number of likely N-dealkylation sites (tertiary alicyclic amines) is 1. The summed E-state index contributed by atoms with van der Waals surface area (Å²) in [5, 5.41) is 3.02. The van der Waals surface area contributed by atoms with Gasteiger partial charge < -0.3 is 15.0 Å². The van der Waals surface area contributed by atoms with Gasteiger partial charge in [-0.25, -0.2) is 0 Å². The molecule has 4 atom stereocenters. The van der Waals surface area contributed by atoms with E-state index in [4.69, 9.17) is 4.74 Å². The fraction of sp³-hybridized carbons (Fsp3) is 0.682. The third-order valence-electron chi connectivity index (χ3n) is 6.65. The molecule has 0 spiro atoms. The standard InChI is InChI=1S/C22H32N4O3/c1-2-29-15-21(27)24-11-20-18-9-17(19-6-3-7-22(28)26(19)20)13-25(14-18)12-16-5-4-8-23-10-16/h4-5,8,10,17-20H,2-3,6-7,9,11-15H2,1H3,(H,24,27)/t17-,18+,19+,20+/m1/s1. The van der Waals surface area contributed by atoms with Gasteiger partial charge >= 0.3 is 0 Å². The number of rotatable bonds is 7. The van der Waals surface area contributed by atoms with Gasteiger partial charge in [0.15, 0.2) is 0 Å². The number of ether oxygens (including phenoxy) is 1. The fourth-order valence-corrected chi connectivity index (χ4v) is 5.48. The Hall–Kier alpha value is -1.99. The molecule has 3 aliphatic heterocycles. The Bertz CT molecular complexity index is 713. The second-order valence-corrected chi connectivity index (χ2v) is 8.58. The summed E-state index contributed by atoms with van der Waals surface area (Å²) in [5.74, 6) is 1.07. The molecular formula is C22H32N4O3. The Morgan fingerprint density at radius 3 is 3.00 bits per heavy atom. The molecule has 4 heterocycles. The average Bonchev–Trinajstić information content (AvgIpc) is 2.73. The van der Waals surface area contributed by atoms with E-state index in [1.807, 2.05) is 19.2 Å². The fourth-order valence-electron chi connectivity index (χ4n) is 5.48. The van der Waals surface area contributed by atoms with Crippen LogP contribution in [0, 0.1) is 11.8 Å². The first-order valence-electron chi connectivity index (χ1n) is 10.9. The van der Waals surface area contributed by atoms with Gasteiger partial charge in [0.2, 0.25) is 11.8 Å². The normalized spacial score (nSPS) is 29.4. The van der Waals surface area contributed by atoms with Crippen LogP contribution in [0.15, 0.2) is 24.5 Å². The second-order valence-electron chi connectivity index (χ2n) is 8.58. The Kier molecular flexibility index (Phi) is 6.45. The van der Waals surface area contributed by atoms with Crippen LogP contribution in [-0.4, -0.2) is 71.5 Å². The molecule has 2 amide bonds. The lowest BCUT2D eigenvalue weighted by molar-refractivity contribution is -0.153. The first-order chi connectivity index (χ1) is 14.2. The van der Waals surface area contributed by atoms with Crippen LogP contribution >= 0.6 is 0 Å². The SMILES string of the molecule is CCOCC(=O)NC[C@H]1[C@H]2C[C@H](CN(Cc3cccnc3)C2)[C@@H]2CCCC(=O)N21. The topological polar surface area (TPSA) is 74.8 Å². The number of pyridine rings is 1. The molecule has 3 aliphatic rings. The number of hydrogen-bond donors (Lipinski definition) is 1. The van der Waals surface area contributed by atoms with E-state index >= 15 is 0 Å². The zero-order valence-electron chi connectivity index (χ0n) is 17.3. The Morgan fingerprint density at radius 2 is 2.21 bits per heavy atom. The van der Waals surface area contributed by atoms with E-state index in [-0.39, 0.29) is 24.5 Å². The molecule has 1 aromatic heterocycles. The number of nitrogens with one attached hydrogen (secondary N) is 1. The van der Waals surface area contributed by atoms with Crippen LogP contribution in [0.2, 0.25) is 0 Å². The predicted octanol–water partition coefficient (Wildman–Crippen LogP) is 1.44. The molecule has 7 heteroatoms. The molecule has 4 rings (SSSR count). The van der Waals surface area contributed by atoms with E-state index in [0.717, 1.165) is 38.9 Å². The number of aromatic nitrogens is 1. The van der Waals surface area contributed by atoms with Gasteiger partial charge in [0.1, 0.15) is 6.61 Å². The smallest absolute Gasteiger partial charge is 0.246 e. The summed E-state index contributed by atoms with van der Waals surface area (Å²) in [6.45, 7) is 5.89. The number of hydrogen-bond acceptors (Lipinski definition) is 5. The highest BCUT2D eigenvalue weighted by Crippen LogP contribution is 2.41. The summed E-state index contributed by atoms with van der Waals surface area (Å²) < 4.78 is 5.22. The molecule has 0 radical (unpaired) electrons. The van der Waals surface area contributed by atoms with Crippen LogP contribution in [0.4, 0.5) is 0 Å². The van der Waals surface area contributed by atoms with Crippen molar-refractivity contribution >= 4 is 11.8 Å². The molecule has 7 nitrogen and oxygen atoms in total. The van der Waals surface area contributed by atoms with Crippen LogP contribution in [0.25, 0.3) is 0 Å². The molecule has 158 valence electrons. The molecule has 0 aromatic carbocycles. The molecule has 0 saturated carbocycles. The maximum absolute atomic E-state index is 12.8. The van der Waals surface area contributed by atoms with Gasteiger partial charge in [-0.15, -0.1) is 0 Å². The van der Waals surface area contributed by atoms with Crippen molar-refractivity contribution < 1.29 is 14.3 Å². The van der Waals surface area contributed by atoms with Crippen LogP contribution in [-0.2, 0) is 20.9 Å². The van der Waals surface area contributed by atoms with Crippen molar-refractivity contribution in [2.45, 2.75) is 51.2 Å². The summed E-state index contributed by atoms with van der Waals surface area (Å²) in [6, 6.07) is 4.49. The summed E-state index contributed by atoms with van der Waals surface area (Å²) in [5.41, 5.74) is 1.23. The van der Waals surface area contributed by atoms with Crippen LogP contribution < -0.4 is 5.32 Å². The van der Waals surface area contributed by atoms with Crippen LogP contribution in [0.3, 0.4) is 0 Å². The van der Waals surface area contributed by atoms with E-state index in [2.05, 4.69) is 26.2 Å². The Balaban J connectivity index is 1.47. The minimum absolute atomic E-state index is 0.0753. The largest absolute Gasteiger partial charge is 0.372 e. The van der Waals surface area contributed by atoms with Gasteiger partial charge in [0.05, 0.1) is 6.04 Å². The molecule has 3 saturated heterocycles. The lowest BCUT2D eigenvalue weighted by atomic mass is 9.72. The summed E-state index contributed by atoms with van der Waals surface area (Å²) in [6.07, 6.45) is 7.58. The highest BCUT2D eigenvalue weighted by Gasteiger charge is 2.49. The van der Waals surface area contributed by atoms with Gasteiger partial charge in [-0.3, -0.25) is 19.5 Å².